The number of hydrogen-bond acceptors (Lipinski definition) is 3. The maximum Gasteiger partial charge on any atom is 0.246 e. The highest BCUT2D eigenvalue weighted by Crippen LogP contribution is 2.39. The zero-order chi connectivity index (χ0) is 26.2. The third kappa shape index (κ3) is 3.01. The van der Waals surface area contributed by atoms with Gasteiger partial charge in [-0.3, -0.25) is 0 Å². The molecule has 0 amide bonds. The van der Waals surface area contributed by atoms with E-state index >= 15 is 0 Å². The van der Waals surface area contributed by atoms with Gasteiger partial charge in [0.2, 0.25) is 5.71 Å². The number of rotatable bonds is 2. The predicted octanol–water partition coefficient (Wildman–Crippen LogP) is 9.45. The Kier molecular flexibility index (Phi) is 4.30. The Labute approximate surface area is 228 Å². The quantitative estimate of drug-likeness (QED) is 0.232. The highest BCUT2D eigenvalue weighted by molar-refractivity contribution is 6.19. The largest absolute Gasteiger partial charge is 0.436 e. The van der Waals surface area contributed by atoms with Crippen LogP contribution >= 0.6 is 0 Å². The molecule has 0 aliphatic carbocycles. The van der Waals surface area contributed by atoms with E-state index in [9.17, 15) is 0 Å². The second-order valence-electron chi connectivity index (χ2n) is 10.3. The van der Waals surface area contributed by atoms with Gasteiger partial charge in [-0.05, 0) is 65.0 Å². The van der Waals surface area contributed by atoms with Gasteiger partial charge in [0, 0.05) is 27.2 Å². The number of benzene rings is 6. The first-order valence-corrected chi connectivity index (χ1v) is 13.4. The van der Waals surface area contributed by atoms with Crippen molar-refractivity contribution in [3.63, 3.8) is 0 Å². The molecule has 0 fully saturated rings. The third-order valence-corrected chi connectivity index (χ3v) is 7.98. The first-order valence-electron chi connectivity index (χ1n) is 13.4. The molecule has 4 heteroatoms. The van der Waals surface area contributed by atoms with Gasteiger partial charge in [0.05, 0.1) is 22.1 Å². The Morgan fingerprint density at radius 3 is 2.10 bits per heavy atom. The van der Waals surface area contributed by atoms with E-state index in [-0.39, 0.29) is 0 Å². The van der Waals surface area contributed by atoms with E-state index < -0.39 is 0 Å². The van der Waals surface area contributed by atoms with Gasteiger partial charge in [-0.2, -0.15) is 0 Å². The van der Waals surface area contributed by atoms with Crippen LogP contribution in [0.1, 0.15) is 0 Å². The standard InChI is InChI=1S/C36H21N3O/c1-2-8-25(9-3-1)39-32-13-7-4-10-26(32)27-18-16-22-14-15-23(20-28(22)35(27)39)24-17-19-33-29(21-24)34-36(40-33)38-31-12-6-5-11-30(31)37-34/h1-21H. The minimum absolute atomic E-state index is 0.568. The summed E-state index contributed by atoms with van der Waals surface area (Å²) >= 11 is 0. The summed E-state index contributed by atoms with van der Waals surface area (Å²) in [6.45, 7) is 0. The van der Waals surface area contributed by atoms with Crippen molar-refractivity contribution >= 4 is 65.8 Å². The van der Waals surface area contributed by atoms with Gasteiger partial charge in [-0.1, -0.05) is 78.9 Å². The lowest BCUT2D eigenvalue weighted by molar-refractivity contribution is 0.655. The minimum Gasteiger partial charge on any atom is -0.436 e. The fraction of sp³-hybridized carbons (Fsp3) is 0. The smallest absolute Gasteiger partial charge is 0.246 e. The van der Waals surface area contributed by atoms with Crippen LogP contribution in [0.3, 0.4) is 0 Å². The lowest BCUT2D eigenvalue weighted by Gasteiger charge is -2.11. The molecule has 0 saturated heterocycles. The molecule has 4 nitrogen and oxygen atoms in total. The van der Waals surface area contributed by atoms with E-state index in [0.29, 0.717) is 5.71 Å². The summed E-state index contributed by atoms with van der Waals surface area (Å²) in [5.74, 6) is 0. The van der Waals surface area contributed by atoms with Crippen molar-refractivity contribution in [2.24, 2.45) is 0 Å². The Balaban J connectivity index is 1.32. The van der Waals surface area contributed by atoms with Crippen molar-refractivity contribution in [3.8, 4) is 16.8 Å². The molecule has 0 unspecified atom stereocenters. The Morgan fingerprint density at radius 1 is 0.525 bits per heavy atom. The first kappa shape index (κ1) is 21.5. The van der Waals surface area contributed by atoms with Gasteiger partial charge >= 0.3 is 0 Å². The lowest BCUT2D eigenvalue weighted by atomic mass is 9.98. The van der Waals surface area contributed by atoms with Crippen LogP contribution in [0.5, 0.6) is 0 Å². The van der Waals surface area contributed by atoms with Gasteiger partial charge in [0.15, 0.2) is 0 Å². The van der Waals surface area contributed by atoms with Crippen LogP contribution in [-0.2, 0) is 0 Å². The predicted molar refractivity (Wildman–Crippen MR) is 164 cm³/mol. The highest BCUT2D eigenvalue weighted by atomic mass is 16.3. The molecule has 3 aromatic heterocycles. The summed E-state index contributed by atoms with van der Waals surface area (Å²) in [5, 5.41) is 5.91. The second kappa shape index (κ2) is 8.01. The molecule has 0 aliphatic rings. The monoisotopic (exact) mass is 511 g/mol. The van der Waals surface area contributed by atoms with E-state index in [2.05, 4.69) is 102 Å². The van der Waals surface area contributed by atoms with Crippen molar-refractivity contribution < 1.29 is 4.42 Å². The molecule has 9 aromatic rings. The Morgan fingerprint density at radius 2 is 1.23 bits per heavy atom. The molecule has 0 saturated carbocycles. The molecule has 40 heavy (non-hydrogen) atoms. The molecule has 0 aliphatic heterocycles. The molecule has 0 atom stereocenters. The van der Waals surface area contributed by atoms with Crippen molar-refractivity contribution in [1.29, 1.82) is 0 Å². The molecule has 0 bridgehead atoms. The molecular formula is C36H21N3O. The lowest BCUT2D eigenvalue weighted by Crippen LogP contribution is -1.94. The van der Waals surface area contributed by atoms with Crippen LogP contribution in [0.15, 0.2) is 132 Å². The van der Waals surface area contributed by atoms with Crippen molar-refractivity contribution in [2.75, 3.05) is 0 Å². The van der Waals surface area contributed by atoms with Gasteiger partial charge in [0.25, 0.3) is 0 Å². The molecule has 6 aromatic carbocycles. The van der Waals surface area contributed by atoms with Gasteiger partial charge < -0.3 is 8.98 Å². The second-order valence-corrected chi connectivity index (χ2v) is 10.3. The summed E-state index contributed by atoms with van der Waals surface area (Å²) < 4.78 is 8.49. The van der Waals surface area contributed by atoms with Crippen molar-refractivity contribution in [3.05, 3.63) is 127 Å². The number of para-hydroxylation sites is 4. The van der Waals surface area contributed by atoms with Crippen LogP contribution in [0.25, 0.3) is 82.6 Å². The maximum absolute atomic E-state index is 6.10. The van der Waals surface area contributed by atoms with Crippen LogP contribution < -0.4 is 0 Å². The third-order valence-electron chi connectivity index (χ3n) is 7.98. The average Bonchev–Trinajstić information content (AvgIpc) is 3.55. The van der Waals surface area contributed by atoms with E-state index in [1.54, 1.807) is 0 Å². The Hall–Kier alpha value is -5.48. The summed E-state index contributed by atoms with van der Waals surface area (Å²) in [5.41, 5.74) is 9.71. The fourth-order valence-electron chi connectivity index (χ4n) is 6.12. The molecule has 186 valence electrons. The van der Waals surface area contributed by atoms with Crippen LogP contribution in [0, 0.1) is 0 Å². The molecular weight excluding hydrogens is 490 g/mol. The Bertz CT molecular complexity index is 2430. The first-order chi connectivity index (χ1) is 19.8. The normalized spacial score (nSPS) is 12.0. The molecule has 0 N–H and O–H groups in total. The number of fused-ring (bicyclic) bond motifs is 9. The number of furan rings is 1. The van der Waals surface area contributed by atoms with Crippen molar-refractivity contribution in [2.45, 2.75) is 0 Å². The van der Waals surface area contributed by atoms with E-state index in [1.165, 1.54) is 32.6 Å². The van der Waals surface area contributed by atoms with Gasteiger partial charge in [-0.25, -0.2) is 9.97 Å². The van der Waals surface area contributed by atoms with Crippen LogP contribution in [0.4, 0.5) is 0 Å². The van der Waals surface area contributed by atoms with Gasteiger partial charge in [-0.15, -0.1) is 0 Å². The SMILES string of the molecule is c1ccc(-n2c3ccccc3c3ccc4ccc(-c5ccc6oc7nc8ccccc8nc7c6c5)cc4c32)cc1. The molecule has 3 heterocycles. The molecule has 9 rings (SSSR count). The van der Waals surface area contributed by atoms with Crippen molar-refractivity contribution in [1.82, 2.24) is 14.5 Å². The van der Waals surface area contributed by atoms with Crippen LogP contribution in [0.2, 0.25) is 0 Å². The summed E-state index contributed by atoms with van der Waals surface area (Å²) in [7, 11) is 0. The minimum atomic E-state index is 0.568. The number of aromatic nitrogens is 3. The number of hydrogen-bond donors (Lipinski definition) is 0. The maximum atomic E-state index is 6.10. The zero-order valence-electron chi connectivity index (χ0n) is 21.4. The number of nitrogens with zero attached hydrogens (tertiary/aromatic N) is 3. The van der Waals surface area contributed by atoms with E-state index in [4.69, 9.17) is 14.4 Å². The summed E-state index contributed by atoms with van der Waals surface area (Å²) in [4.78, 5) is 9.62. The molecule has 0 spiro atoms. The van der Waals surface area contributed by atoms with E-state index in [0.717, 1.165) is 44.3 Å². The summed E-state index contributed by atoms with van der Waals surface area (Å²) in [6, 6.07) is 44.8. The van der Waals surface area contributed by atoms with Gasteiger partial charge in [0.1, 0.15) is 11.1 Å². The topological polar surface area (TPSA) is 43.9 Å². The zero-order valence-corrected chi connectivity index (χ0v) is 21.4. The summed E-state index contributed by atoms with van der Waals surface area (Å²) in [6.07, 6.45) is 0. The average molecular weight is 512 g/mol. The highest BCUT2D eigenvalue weighted by Gasteiger charge is 2.16. The van der Waals surface area contributed by atoms with Crippen LogP contribution in [-0.4, -0.2) is 14.5 Å². The molecule has 0 radical (unpaired) electrons. The fourth-order valence-corrected chi connectivity index (χ4v) is 6.12. The van der Waals surface area contributed by atoms with E-state index in [1.807, 2.05) is 30.3 Å².